The number of rotatable bonds is 2. The minimum Gasteiger partial charge on any atom is -0.271 e. The Balaban J connectivity index is 2.93. The third kappa shape index (κ3) is 2.52. The Morgan fingerprint density at radius 2 is 2.27 bits per heavy atom. The zero-order chi connectivity index (χ0) is 8.27. The van der Waals surface area contributed by atoms with Gasteiger partial charge in [0.15, 0.2) is 0 Å². The van der Waals surface area contributed by atoms with Crippen molar-refractivity contribution >= 4 is 31.9 Å². The van der Waals surface area contributed by atoms with Gasteiger partial charge in [0.25, 0.3) is 0 Å². The number of nitrogens with one attached hydrogen (secondary N) is 1. The van der Waals surface area contributed by atoms with E-state index in [1.54, 1.807) is 6.20 Å². The predicted molar refractivity (Wildman–Crippen MR) is 50.7 cm³/mol. The molecule has 0 unspecified atom stereocenters. The standard InChI is InChI=1S/C6H7Br2N3/c7-5-1-4(2-11-9)6(8)10-3-5/h1,3,11H,2,9H2. The van der Waals surface area contributed by atoms with Gasteiger partial charge in [-0.25, -0.2) is 4.98 Å². The van der Waals surface area contributed by atoms with Gasteiger partial charge in [-0.3, -0.25) is 11.3 Å². The Morgan fingerprint density at radius 3 is 2.91 bits per heavy atom. The van der Waals surface area contributed by atoms with Crippen LogP contribution in [-0.4, -0.2) is 4.98 Å². The van der Waals surface area contributed by atoms with Gasteiger partial charge in [-0.15, -0.1) is 0 Å². The maximum absolute atomic E-state index is 5.17. The topological polar surface area (TPSA) is 50.9 Å². The first-order valence-corrected chi connectivity index (χ1v) is 4.56. The summed E-state index contributed by atoms with van der Waals surface area (Å²) in [6.07, 6.45) is 1.73. The molecule has 1 heterocycles. The van der Waals surface area contributed by atoms with Crippen molar-refractivity contribution in [2.24, 2.45) is 5.84 Å². The molecule has 5 heteroatoms. The molecule has 0 fully saturated rings. The molecule has 60 valence electrons. The number of halogens is 2. The average Bonchev–Trinajstić information content (AvgIpc) is 1.98. The smallest absolute Gasteiger partial charge is 0.110 e. The van der Waals surface area contributed by atoms with E-state index in [2.05, 4.69) is 42.3 Å². The van der Waals surface area contributed by atoms with Crippen molar-refractivity contribution < 1.29 is 0 Å². The third-order valence-corrected chi connectivity index (χ3v) is 2.32. The molecule has 0 saturated heterocycles. The molecule has 11 heavy (non-hydrogen) atoms. The van der Waals surface area contributed by atoms with Crippen LogP contribution in [0, 0.1) is 0 Å². The van der Waals surface area contributed by atoms with Crippen molar-refractivity contribution in [3.63, 3.8) is 0 Å². The molecule has 1 rings (SSSR count). The van der Waals surface area contributed by atoms with E-state index in [4.69, 9.17) is 5.84 Å². The highest BCUT2D eigenvalue weighted by molar-refractivity contribution is 9.11. The highest BCUT2D eigenvalue weighted by Crippen LogP contribution is 2.17. The predicted octanol–water partition coefficient (Wildman–Crippen LogP) is 1.57. The molecule has 0 saturated carbocycles. The van der Waals surface area contributed by atoms with Crippen LogP contribution >= 0.6 is 31.9 Å². The first-order chi connectivity index (χ1) is 5.24. The summed E-state index contributed by atoms with van der Waals surface area (Å²) >= 11 is 6.62. The van der Waals surface area contributed by atoms with E-state index < -0.39 is 0 Å². The number of aromatic nitrogens is 1. The van der Waals surface area contributed by atoms with Crippen molar-refractivity contribution in [2.75, 3.05) is 0 Å². The first kappa shape index (κ1) is 9.12. The van der Waals surface area contributed by atoms with Crippen molar-refractivity contribution in [2.45, 2.75) is 6.54 Å². The number of nitrogens with two attached hydrogens (primary N) is 1. The fourth-order valence-corrected chi connectivity index (χ4v) is 1.43. The second-order valence-electron chi connectivity index (χ2n) is 1.98. The number of nitrogens with zero attached hydrogens (tertiary/aromatic N) is 1. The normalized spacial score (nSPS) is 10.1. The fraction of sp³-hybridized carbons (Fsp3) is 0.167. The molecule has 0 spiro atoms. The highest BCUT2D eigenvalue weighted by Gasteiger charge is 1.99. The SMILES string of the molecule is NNCc1cc(Br)cnc1Br. The Bertz CT molecular complexity index is 252. The van der Waals surface area contributed by atoms with E-state index in [1.165, 1.54) is 0 Å². The molecule has 0 radical (unpaired) electrons. The highest BCUT2D eigenvalue weighted by atomic mass is 79.9. The second kappa shape index (κ2) is 4.15. The molecule has 0 aliphatic carbocycles. The molecule has 0 aliphatic heterocycles. The molecule has 1 aromatic rings. The lowest BCUT2D eigenvalue weighted by molar-refractivity contribution is 0.734. The van der Waals surface area contributed by atoms with Crippen LogP contribution in [0.4, 0.5) is 0 Å². The van der Waals surface area contributed by atoms with Gasteiger partial charge in [-0.2, -0.15) is 0 Å². The summed E-state index contributed by atoms with van der Waals surface area (Å²) in [4.78, 5) is 4.07. The monoisotopic (exact) mass is 279 g/mol. The fourth-order valence-electron chi connectivity index (χ4n) is 0.698. The first-order valence-electron chi connectivity index (χ1n) is 2.97. The average molecular weight is 281 g/mol. The van der Waals surface area contributed by atoms with E-state index in [1.807, 2.05) is 6.07 Å². The van der Waals surface area contributed by atoms with Crippen LogP contribution in [0.2, 0.25) is 0 Å². The Morgan fingerprint density at radius 1 is 1.55 bits per heavy atom. The zero-order valence-corrected chi connectivity index (χ0v) is 8.81. The zero-order valence-electron chi connectivity index (χ0n) is 5.64. The molecule has 0 amide bonds. The summed E-state index contributed by atoms with van der Waals surface area (Å²) in [5.41, 5.74) is 3.59. The van der Waals surface area contributed by atoms with Crippen LogP contribution < -0.4 is 11.3 Å². The molecule has 0 atom stereocenters. The van der Waals surface area contributed by atoms with Gasteiger partial charge in [-0.1, -0.05) is 0 Å². The van der Waals surface area contributed by atoms with Crippen LogP contribution in [0.1, 0.15) is 5.56 Å². The molecular formula is C6H7Br2N3. The van der Waals surface area contributed by atoms with Gasteiger partial charge in [0.1, 0.15) is 4.60 Å². The number of hydrogen-bond donors (Lipinski definition) is 2. The minimum absolute atomic E-state index is 0.604. The quantitative estimate of drug-likeness (QED) is 0.491. The lowest BCUT2D eigenvalue weighted by atomic mass is 10.3. The lowest BCUT2D eigenvalue weighted by Gasteiger charge is -2.01. The Kier molecular flexibility index (Phi) is 3.45. The van der Waals surface area contributed by atoms with Crippen molar-refractivity contribution in [1.82, 2.24) is 10.4 Å². The van der Waals surface area contributed by atoms with E-state index in [-0.39, 0.29) is 0 Å². The van der Waals surface area contributed by atoms with Crippen LogP contribution in [0.15, 0.2) is 21.3 Å². The summed E-state index contributed by atoms with van der Waals surface area (Å²) < 4.78 is 1.77. The van der Waals surface area contributed by atoms with Crippen LogP contribution in [0.5, 0.6) is 0 Å². The molecule has 3 N–H and O–H groups in total. The van der Waals surface area contributed by atoms with Crippen molar-refractivity contribution in [3.8, 4) is 0 Å². The summed E-state index contributed by atoms with van der Waals surface area (Å²) in [5.74, 6) is 5.17. The summed E-state index contributed by atoms with van der Waals surface area (Å²) in [6.45, 7) is 0.604. The van der Waals surface area contributed by atoms with Gasteiger partial charge in [0, 0.05) is 22.8 Å². The molecule has 0 aromatic carbocycles. The molecule has 0 aliphatic rings. The Labute approximate surface area is 81.6 Å². The van der Waals surface area contributed by atoms with Crippen LogP contribution in [0.3, 0.4) is 0 Å². The number of hydrazine groups is 1. The van der Waals surface area contributed by atoms with E-state index >= 15 is 0 Å². The minimum atomic E-state index is 0.604. The maximum Gasteiger partial charge on any atom is 0.110 e. The summed E-state index contributed by atoms with van der Waals surface area (Å²) in [5, 5.41) is 0. The largest absolute Gasteiger partial charge is 0.271 e. The number of hydrogen-bond acceptors (Lipinski definition) is 3. The summed E-state index contributed by atoms with van der Waals surface area (Å²) in [6, 6.07) is 1.96. The van der Waals surface area contributed by atoms with Crippen LogP contribution in [-0.2, 0) is 6.54 Å². The molecule has 3 nitrogen and oxygen atoms in total. The van der Waals surface area contributed by atoms with Gasteiger partial charge in [0.05, 0.1) is 0 Å². The van der Waals surface area contributed by atoms with Gasteiger partial charge in [0.2, 0.25) is 0 Å². The molecular weight excluding hydrogens is 274 g/mol. The maximum atomic E-state index is 5.17. The van der Waals surface area contributed by atoms with E-state index in [0.717, 1.165) is 14.6 Å². The van der Waals surface area contributed by atoms with E-state index in [9.17, 15) is 0 Å². The third-order valence-electron chi connectivity index (χ3n) is 1.17. The van der Waals surface area contributed by atoms with Crippen LogP contribution in [0.25, 0.3) is 0 Å². The Hall–Kier alpha value is 0.0300. The van der Waals surface area contributed by atoms with Gasteiger partial charge < -0.3 is 0 Å². The molecule has 1 aromatic heterocycles. The second-order valence-corrected chi connectivity index (χ2v) is 3.65. The van der Waals surface area contributed by atoms with Crippen molar-refractivity contribution in [1.29, 1.82) is 0 Å². The van der Waals surface area contributed by atoms with Gasteiger partial charge >= 0.3 is 0 Å². The summed E-state index contributed by atoms with van der Waals surface area (Å²) in [7, 11) is 0. The van der Waals surface area contributed by atoms with Crippen molar-refractivity contribution in [3.05, 3.63) is 26.9 Å². The van der Waals surface area contributed by atoms with E-state index in [0.29, 0.717) is 6.54 Å². The lowest BCUT2D eigenvalue weighted by Crippen LogP contribution is -2.21. The number of pyridine rings is 1. The van der Waals surface area contributed by atoms with Gasteiger partial charge in [-0.05, 0) is 37.9 Å². The molecule has 0 bridgehead atoms.